The number of esters is 1. The Hall–Kier alpha value is -2.19. The summed E-state index contributed by atoms with van der Waals surface area (Å²) in [4.78, 5) is 28.2. The van der Waals surface area contributed by atoms with Crippen LogP contribution in [0.4, 0.5) is 5.00 Å². The molecule has 1 N–H and O–H groups in total. The molecule has 8 heteroatoms. The largest absolute Gasteiger partial charge is 0.465 e. The molecule has 0 fully saturated rings. The highest BCUT2D eigenvalue weighted by atomic mass is 32.1. The molecule has 1 aliphatic carbocycles. The van der Waals surface area contributed by atoms with Gasteiger partial charge in [0.25, 0.3) is 0 Å². The number of carbonyl (C=O) groups is 2. The fourth-order valence-corrected chi connectivity index (χ4v) is 5.16. The molecule has 0 saturated carbocycles. The number of thiophene rings is 1. The van der Waals surface area contributed by atoms with Gasteiger partial charge in [0.1, 0.15) is 5.00 Å². The van der Waals surface area contributed by atoms with E-state index in [0.717, 1.165) is 49.0 Å². The molecule has 1 amide bonds. The van der Waals surface area contributed by atoms with Gasteiger partial charge in [0.15, 0.2) is 0 Å². The Labute approximate surface area is 176 Å². The Morgan fingerprint density at radius 1 is 1.31 bits per heavy atom. The van der Waals surface area contributed by atoms with Crippen molar-refractivity contribution in [2.24, 2.45) is 0 Å². The maximum Gasteiger partial charge on any atom is 0.341 e. The van der Waals surface area contributed by atoms with Crippen LogP contribution in [0, 0.1) is 6.92 Å². The lowest BCUT2D eigenvalue weighted by molar-refractivity contribution is -0.117. The number of amides is 1. The molecule has 7 nitrogen and oxygen atoms in total. The van der Waals surface area contributed by atoms with E-state index in [1.165, 1.54) is 29.7 Å². The van der Waals surface area contributed by atoms with Crippen LogP contribution < -0.4 is 5.32 Å². The van der Waals surface area contributed by atoms with Gasteiger partial charge in [0, 0.05) is 29.2 Å². The summed E-state index contributed by atoms with van der Waals surface area (Å²) in [6.45, 7) is 5.81. The highest BCUT2D eigenvalue weighted by Gasteiger charge is 2.26. The summed E-state index contributed by atoms with van der Waals surface area (Å²) in [5.41, 5.74) is 3.84. The predicted molar refractivity (Wildman–Crippen MR) is 115 cm³/mol. The molecule has 0 atom stereocenters. The van der Waals surface area contributed by atoms with Gasteiger partial charge in [0.05, 0.1) is 25.4 Å². The number of rotatable bonds is 7. The third-order valence-corrected chi connectivity index (χ3v) is 6.63. The first-order chi connectivity index (χ1) is 13.9. The Bertz CT molecular complexity index is 887. The van der Waals surface area contributed by atoms with Gasteiger partial charge < -0.3 is 10.1 Å². The molecular weight excluding hydrogens is 388 g/mol. The number of nitrogens with one attached hydrogen (secondary N) is 1. The number of aryl methyl sites for hydroxylation is 2. The maximum atomic E-state index is 12.7. The van der Waals surface area contributed by atoms with E-state index in [1.54, 1.807) is 0 Å². The number of nitrogens with zero attached hydrogens (tertiary/aromatic N) is 3. The first-order valence-corrected chi connectivity index (χ1v) is 11.0. The highest BCUT2D eigenvalue weighted by Crippen LogP contribution is 2.37. The molecule has 0 radical (unpaired) electrons. The summed E-state index contributed by atoms with van der Waals surface area (Å²) < 4.78 is 6.96. The summed E-state index contributed by atoms with van der Waals surface area (Å²) in [5, 5.41) is 7.95. The Kier molecular flexibility index (Phi) is 7.08. The molecule has 0 saturated heterocycles. The van der Waals surface area contributed by atoms with Crippen molar-refractivity contribution in [3.63, 3.8) is 0 Å². The van der Waals surface area contributed by atoms with Gasteiger partial charge in [-0.1, -0.05) is 6.42 Å². The van der Waals surface area contributed by atoms with Gasteiger partial charge in [-0.15, -0.1) is 11.3 Å². The van der Waals surface area contributed by atoms with Crippen molar-refractivity contribution in [2.75, 3.05) is 26.0 Å². The molecule has 1 aliphatic rings. The van der Waals surface area contributed by atoms with Crippen molar-refractivity contribution in [3.05, 3.63) is 33.5 Å². The Morgan fingerprint density at radius 2 is 2.07 bits per heavy atom. The van der Waals surface area contributed by atoms with Gasteiger partial charge >= 0.3 is 5.97 Å². The quantitative estimate of drug-likeness (QED) is 0.551. The number of ether oxygens (including phenoxy) is 1. The summed E-state index contributed by atoms with van der Waals surface area (Å²) in [5.74, 6) is -0.495. The van der Waals surface area contributed by atoms with Gasteiger partial charge in [0.2, 0.25) is 5.91 Å². The fraction of sp³-hybridized carbons (Fsp3) is 0.571. The summed E-state index contributed by atoms with van der Waals surface area (Å²) >= 11 is 1.52. The van der Waals surface area contributed by atoms with Crippen molar-refractivity contribution >= 4 is 28.2 Å². The zero-order valence-electron chi connectivity index (χ0n) is 17.7. The van der Waals surface area contributed by atoms with Crippen LogP contribution in [-0.4, -0.2) is 47.3 Å². The van der Waals surface area contributed by atoms with Gasteiger partial charge in [-0.2, -0.15) is 5.10 Å². The molecule has 29 heavy (non-hydrogen) atoms. The van der Waals surface area contributed by atoms with Crippen LogP contribution in [0.3, 0.4) is 0 Å². The van der Waals surface area contributed by atoms with Crippen molar-refractivity contribution < 1.29 is 14.3 Å². The second-order valence-electron chi connectivity index (χ2n) is 7.55. The van der Waals surface area contributed by atoms with E-state index in [9.17, 15) is 9.59 Å². The molecule has 2 heterocycles. The zero-order valence-corrected chi connectivity index (χ0v) is 18.5. The SMILES string of the molecule is CCn1ncc(CN(C)CC(=O)Nc2sc3c(c2C(=O)OC)CCCCC3)c1C. The summed E-state index contributed by atoms with van der Waals surface area (Å²) in [6.07, 6.45) is 7.04. The number of anilines is 1. The minimum absolute atomic E-state index is 0.130. The monoisotopic (exact) mass is 418 g/mol. The fourth-order valence-electron chi connectivity index (χ4n) is 3.87. The van der Waals surface area contributed by atoms with Crippen LogP contribution >= 0.6 is 11.3 Å². The normalized spacial score (nSPS) is 13.8. The van der Waals surface area contributed by atoms with Gasteiger partial charge in [-0.05, 0) is 52.1 Å². The van der Waals surface area contributed by atoms with Crippen molar-refractivity contribution in [3.8, 4) is 0 Å². The topological polar surface area (TPSA) is 76.5 Å². The molecule has 0 unspecified atom stereocenters. The highest BCUT2D eigenvalue weighted by molar-refractivity contribution is 7.17. The number of likely N-dealkylation sites (N-methyl/N-ethyl adjacent to an activating group) is 1. The van der Waals surface area contributed by atoms with Crippen molar-refractivity contribution in [2.45, 2.75) is 59.0 Å². The molecule has 3 rings (SSSR count). The molecule has 0 aromatic carbocycles. The standard InChI is InChI=1S/C21H30N4O3S/c1-5-25-14(2)15(11-22-25)12-24(3)13-18(26)23-20-19(21(27)28-4)16-9-7-6-8-10-17(16)29-20/h11H,5-10,12-13H2,1-4H3,(H,23,26). The van der Waals surface area contributed by atoms with E-state index in [1.807, 2.05) is 29.7 Å². The minimum atomic E-state index is -0.365. The third-order valence-electron chi connectivity index (χ3n) is 5.42. The lowest BCUT2D eigenvalue weighted by Gasteiger charge is -2.16. The summed E-state index contributed by atoms with van der Waals surface area (Å²) in [7, 11) is 3.30. The van der Waals surface area contributed by atoms with E-state index in [0.29, 0.717) is 17.1 Å². The zero-order chi connectivity index (χ0) is 21.0. The van der Waals surface area contributed by atoms with E-state index in [-0.39, 0.29) is 18.4 Å². The molecule has 2 aromatic heterocycles. The number of fused-ring (bicyclic) bond motifs is 1. The molecule has 0 spiro atoms. The van der Waals surface area contributed by atoms with Crippen LogP contribution in [0.1, 0.15) is 58.2 Å². The number of hydrogen-bond acceptors (Lipinski definition) is 6. The predicted octanol–water partition coefficient (Wildman–Crippen LogP) is 3.40. The first kappa shape index (κ1) is 21.5. The number of aromatic nitrogens is 2. The van der Waals surface area contributed by atoms with E-state index < -0.39 is 0 Å². The molecular formula is C21H30N4O3S. The Balaban J connectivity index is 1.69. The maximum absolute atomic E-state index is 12.7. The molecule has 2 aromatic rings. The lowest BCUT2D eigenvalue weighted by atomic mass is 10.1. The number of methoxy groups -OCH3 is 1. The van der Waals surface area contributed by atoms with Crippen LogP contribution in [-0.2, 0) is 35.5 Å². The molecule has 0 bridgehead atoms. The van der Waals surface area contributed by atoms with E-state index >= 15 is 0 Å². The van der Waals surface area contributed by atoms with Crippen molar-refractivity contribution in [1.82, 2.24) is 14.7 Å². The number of hydrogen-bond donors (Lipinski definition) is 1. The van der Waals surface area contributed by atoms with E-state index in [4.69, 9.17) is 4.74 Å². The van der Waals surface area contributed by atoms with Gasteiger partial charge in [-0.3, -0.25) is 14.4 Å². The average molecular weight is 419 g/mol. The van der Waals surface area contributed by atoms with Crippen LogP contribution in [0.2, 0.25) is 0 Å². The molecule has 0 aliphatic heterocycles. The number of carbonyl (C=O) groups excluding carboxylic acids is 2. The van der Waals surface area contributed by atoms with E-state index in [2.05, 4.69) is 17.3 Å². The van der Waals surface area contributed by atoms with Crippen molar-refractivity contribution in [1.29, 1.82) is 0 Å². The smallest absolute Gasteiger partial charge is 0.341 e. The third kappa shape index (κ3) is 4.87. The average Bonchev–Trinajstić information content (AvgIpc) is 3.11. The van der Waals surface area contributed by atoms with Gasteiger partial charge in [-0.25, -0.2) is 4.79 Å². The van der Waals surface area contributed by atoms with Crippen LogP contribution in [0.15, 0.2) is 6.20 Å². The first-order valence-electron chi connectivity index (χ1n) is 10.2. The second kappa shape index (κ2) is 9.54. The molecule has 158 valence electrons. The van der Waals surface area contributed by atoms with Crippen LogP contribution in [0.25, 0.3) is 0 Å². The minimum Gasteiger partial charge on any atom is -0.465 e. The lowest BCUT2D eigenvalue weighted by Crippen LogP contribution is -2.30. The summed E-state index contributed by atoms with van der Waals surface area (Å²) in [6, 6.07) is 0. The Morgan fingerprint density at radius 3 is 2.76 bits per heavy atom. The second-order valence-corrected chi connectivity index (χ2v) is 8.66. The van der Waals surface area contributed by atoms with Crippen LogP contribution in [0.5, 0.6) is 0 Å².